The van der Waals surface area contributed by atoms with Crippen LogP contribution in [-0.2, 0) is 0 Å². The normalized spacial score (nSPS) is 13.8. The second-order valence-corrected chi connectivity index (χ2v) is 2.39. The van der Waals surface area contributed by atoms with Crippen LogP contribution in [0.25, 0.3) is 0 Å². The smallest absolute Gasteiger partial charge is 0.0238 e. The van der Waals surface area contributed by atoms with E-state index in [2.05, 4.69) is 13.5 Å². The zero-order chi connectivity index (χ0) is 7.98. The predicted molar refractivity (Wildman–Crippen MR) is 45.4 cm³/mol. The molecule has 4 N–H and O–H groups in total. The molecule has 0 bridgehead atoms. The highest BCUT2D eigenvalue weighted by Crippen LogP contribution is 1.95. The molecule has 0 radical (unpaired) electrons. The van der Waals surface area contributed by atoms with Crippen LogP contribution in [-0.4, -0.2) is 6.04 Å². The molecule has 10 heavy (non-hydrogen) atoms. The number of allylic oxidation sites excluding steroid dienone is 1. The van der Waals surface area contributed by atoms with Gasteiger partial charge in [0.1, 0.15) is 0 Å². The fraction of sp³-hybridized carbons (Fsp3) is 0.500. The van der Waals surface area contributed by atoms with E-state index in [1.165, 1.54) is 0 Å². The summed E-state index contributed by atoms with van der Waals surface area (Å²) in [5.74, 6) is 0. The van der Waals surface area contributed by atoms with Crippen molar-refractivity contribution < 1.29 is 0 Å². The van der Waals surface area contributed by atoms with Crippen LogP contribution in [0.3, 0.4) is 0 Å². The summed E-state index contributed by atoms with van der Waals surface area (Å²) in [6.07, 6.45) is 5.73. The van der Waals surface area contributed by atoms with Crippen LogP contribution in [0.4, 0.5) is 0 Å². The summed E-state index contributed by atoms with van der Waals surface area (Å²) in [6, 6.07) is 0.130. The lowest BCUT2D eigenvalue weighted by Gasteiger charge is -2.01. The van der Waals surface area contributed by atoms with Crippen molar-refractivity contribution in [1.82, 2.24) is 0 Å². The minimum Gasteiger partial charge on any atom is -0.399 e. The van der Waals surface area contributed by atoms with Gasteiger partial charge in [-0.15, -0.1) is 0 Å². The molecule has 0 heterocycles. The molecule has 0 aliphatic heterocycles. The third-order valence-corrected chi connectivity index (χ3v) is 1.18. The lowest BCUT2D eigenvalue weighted by Crippen LogP contribution is -2.16. The van der Waals surface area contributed by atoms with E-state index in [9.17, 15) is 0 Å². The molecule has 1 atom stereocenters. The van der Waals surface area contributed by atoms with Crippen LogP contribution in [0, 0.1) is 0 Å². The van der Waals surface area contributed by atoms with Gasteiger partial charge in [0.2, 0.25) is 0 Å². The Kier molecular flexibility index (Phi) is 4.67. The molecule has 1 unspecified atom stereocenters. The molecule has 0 aromatic carbocycles. The Morgan fingerprint density at radius 1 is 1.70 bits per heavy atom. The molecule has 0 rings (SSSR count). The maximum atomic E-state index is 5.65. The maximum Gasteiger partial charge on any atom is 0.0238 e. The number of hydrogen-bond acceptors (Lipinski definition) is 2. The van der Waals surface area contributed by atoms with E-state index >= 15 is 0 Å². The fourth-order valence-corrected chi connectivity index (χ4v) is 0.677. The Labute approximate surface area is 62.6 Å². The van der Waals surface area contributed by atoms with Crippen molar-refractivity contribution in [3.63, 3.8) is 0 Å². The quantitative estimate of drug-likeness (QED) is 0.575. The lowest BCUT2D eigenvalue weighted by atomic mass is 10.1. The Bertz CT molecular complexity index is 127. The van der Waals surface area contributed by atoms with Crippen molar-refractivity contribution in [2.75, 3.05) is 0 Å². The van der Waals surface area contributed by atoms with Gasteiger partial charge in [-0.2, -0.15) is 0 Å². The number of nitrogens with two attached hydrogens (primary N) is 2. The van der Waals surface area contributed by atoms with Gasteiger partial charge in [0.25, 0.3) is 0 Å². The van der Waals surface area contributed by atoms with Crippen molar-refractivity contribution >= 4 is 0 Å². The van der Waals surface area contributed by atoms with Crippen molar-refractivity contribution in [2.24, 2.45) is 11.5 Å². The molecule has 58 valence electrons. The molecule has 2 heteroatoms. The minimum absolute atomic E-state index is 0.130. The van der Waals surface area contributed by atoms with Gasteiger partial charge in [-0.1, -0.05) is 26.0 Å². The zero-order valence-electron chi connectivity index (χ0n) is 6.51. The van der Waals surface area contributed by atoms with Crippen molar-refractivity contribution in [3.05, 3.63) is 24.4 Å². The Morgan fingerprint density at radius 3 is 2.70 bits per heavy atom. The van der Waals surface area contributed by atoms with Crippen LogP contribution < -0.4 is 11.5 Å². The average Bonchev–Trinajstić information content (AvgIpc) is 1.85. The molecule has 0 aliphatic rings. The van der Waals surface area contributed by atoms with Gasteiger partial charge in [0.15, 0.2) is 0 Å². The summed E-state index contributed by atoms with van der Waals surface area (Å²) in [6.45, 7) is 5.62. The molecule has 0 aliphatic carbocycles. The van der Waals surface area contributed by atoms with Gasteiger partial charge in [-0.25, -0.2) is 0 Å². The van der Waals surface area contributed by atoms with Crippen LogP contribution in [0.1, 0.15) is 19.8 Å². The van der Waals surface area contributed by atoms with Crippen molar-refractivity contribution in [3.8, 4) is 0 Å². The predicted octanol–water partition coefficient (Wildman–Crippen LogP) is 1.14. The highest BCUT2D eigenvalue weighted by Gasteiger charge is 1.92. The summed E-state index contributed by atoms with van der Waals surface area (Å²) in [7, 11) is 0. The van der Waals surface area contributed by atoms with Crippen molar-refractivity contribution in [1.29, 1.82) is 0 Å². The molecular weight excluding hydrogens is 124 g/mol. The van der Waals surface area contributed by atoms with Gasteiger partial charge < -0.3 is 11.5 Å². The first-order chi connectivity index (χ1) is 4.66. The molecule has 0 spiro atoms. The molecule has 0 aromatic rings. The second kappa shape index (κ2) is 5.06. The summed E-state index contributed by atoms with van der Waals surface area (Å²) < 4.78 is 0. The third kappa shape index (κ3) is 5.38. The van der Waals surface area contributed by atoms with Crippen molar-refractivity contribution in [2.45, 2.75) is 25.8 Å². The summed E-state index contributed by atoms with van der Waals surface area (Å²) in [4.78, 5) is 0. The highest BCUT2D eigenvalue weighted by molar-refractivity contribution is 5.11. The summed E-state index contributed by atoms with van der Waals surface area (Å²) >= 11 is 0. The molecule has 0 saturated carbocycles. The topological polar surface area (TPSA) is 52.0 Å². The molecule has 0 aromatic heterocycles. The molecule has 2 nitrogen and oxygen atoms in total. The number of rotatable bonds is 4. The molecule has 0 amide bonds. The monoisotopic (exact) mass is 140 g/mol. The minimum atomic E-state index is 0.130. The lowest BCUT2D eigenvalue weighted by molar-refractivity contribution is 0.703. The largest absolute Gasteiger partial charge is 0.399 e. The summed E-state index contributed by atoms with van der Waals surface area (Å²) in [5.41, 5.74) is 11.5. The first kappa shape index (κ1) is 9.24. The Balaban J connectivity index is 3.55. The molecular formula is C8H16N2. The Hall–Kier alpha value is -0.760. The van der Waals surface area contributed by atoms with Gasteiger partial charge in [-0.05, 0) is 12.5 Å². The van der Waals surface area contributed by atoms with E-state index in [-0.39, 0.29) is 6.04 Å². The van der Waals surface area contributed by atoms with Crippen LogP contribution in [0.5, 0.6) is 0 Å². The SMILES string of the molecule is C=C(N)/C=C\C(N)CCC. The van der Waals surface area contributed by atoms with Gasteiger partial charge in [0.05, 0.1) is 0 Å². The van der Waals surface area contributed by atoms with Crippen LogP contribution in [0.15, 0.2) is 24.4 Å². The van der Waals surface area contributed by atoms with E-state index < -0.39 is 0 Å². The van der Waals surface area contributed by atoms with Gasteiger partial charge in [-0.3, -0.25) is 0 Å². The second-order valence-electron chi connectivity index (χ2n) is 2.39. The van der Waals surface area contributed by atoms with E-state index in [1.54, 1.807) is 6.08 Å². The summed E-state index contributed by atoms with van der Waals surface area (Å²) in [5, 5.41) is 0. The van der Waals surface area contributed by atoms with Crippen LogP contribution >= 0.6 is 0 Å². The van der Waals surface area contributed by atoms with Crippen LogP contribution in [0.2, 0.25) is 0 Å². The van der Waals surface area contributed by atoms with Gasteiger partial charge >= 0.3 is 0 Å². The van der Waals surface area contributed by atoms with E-state index in [0.717, 1.165) is 12.8 Å². The zero-order valence-corrected chi connectivity index (χ0v) is 6.51. The first-order valence-electron chi connectivity index (χ1n) is 3.55. The van der Waals surface area contributed by atoms with Gasteiger partial charge in [0, 0.05) is 11.7 Å². The first-order valence-corrected chi connectivity index (χ1v) is 3.55. The van der Waals surface area contributed by atoms with E-state index in [4.69, 9.17) is 11.5 Å². The molecule has 0 saturated heterocycles. The Morgan fingerprint density at radius 2 is 2.30 bits per heavy atom. The van der Waals surface area contributed by atoms with E-state index in [0.29, 0.717) is 5.70 Å². The van der Waals surface area contributed by atoms with E-state index in [1.807, 2.05) is 6.08 Å². The highest BCUT2D eigenvalue weighted by atomic mass is 14.6. The third-order valence-electron chi connectivity index (χ3n) is 1.18. The fourth-order valence-electron chi connectivity index (χ4n) is 0.677. The average molecular weight is 140 g/mol. The number of hydrogen-bond donors (Lipinski definition) is 2. The standard InChI is InChI=1S/C8H16N2/c1-3-4-8(10)6-5-7(2)9/h5-6,8H,2-4,9-10H2,1H3/b6-5-. The molecule has 0 fully saturated rings. The maximum absolute atomic E-state index is 5.65.